The average Bonchev–Trinajstić information content (AvgIpc) is 3.23. The van der Waals surface area contributed by atoms with Crippen LogP contribution < -0.4 is 10.2 Å². The van der Waals surface area contributed by atoms with Crippen LogP contribution in [-0.4, -0.2) is 57.6 Å². The number of piperidine rings is 1. The molecule has 0 aliphatic carbocycles. The molecule has 1 unspecified atom stereocenters. The first-order valence-corrected chi connectivity index (χ1v) is 9.67. The molecule has 0 amide bonds. The van der Waals surface area contributed by atoms with Crippen molar-refractivity contribution in [3.63, 3.8) is 0 Å². The maximum absolute atomic E-state index is 8.79. The number of anilines is 3. The standard InChI is InChI=1S/C21H24N8/c1-27(2)19-4-3-9-28(13-19)17-5-7-18(8-6-17)29-14-21(25-15-29)26-20-12-23-16(10-22)11-24-20/h5-8,11-12,14-15,19H,3-4,9,13H2,1-2H3,(H,24,26). The lowest BCUT2D eigenvalue weighted by Gasteiger charge is -2.37. The molecule has 1 atom stereocenters. The molecule has 4 rings (SSSR count). The Balaban J connectivity index is 1.43. The van der Waals surface area contributed by atoms with E-state index in [1.54, 1.807) is 6.33 Å². The van der Waals surface area contributed by atoms with Crippen molar-refractivity contribution in [1.29, 1.82) is 5.26 Å². The Bertz CT molecular complexity index is 985. The zero-order valence-corrected chi connectivity index (χ0v) is 16.7. The average molecular weight is 388 g/mol. The number of nitrogens with one attached hydrogen (secondary N) is 1. The number of imidazole rings is 1. The molecule has 3 heterocycles. The summed E-state index contributed by atoms with van der Waals surface area (Å²) in [5, 5.41) is 11.9. The minimum Gasteiger partial charge on any atom is -0.370 e. The lowest BCUT2D eigenvalue weighted by atomic mass is 10.0. The Morgan fingerprint density at radius 1 is 1.07 bits per heavy atom. The Labute approximate surface area is 170 Å². The van der Waals surface area contributed by atoms with E-state index in [9.17, 15) is 0 Å². The van der Waals surface area contributed by atoms with Crippen molar-refractivity contribution in [2.45, 2.75) is 18.9 Å². The van der Waals surface area contributed by atoms with Crippen molar-refractivity contribution in [2.75, 3.05) is 37.4 Å². The number of nitriles is 1. The van der Waals surface area contributed by atoms with Gasteiger partial charge in [0.15, 0.2) is 5.69 Å². The van der Waals surface area contributed by atoms with Gasteiger partial charge in [-0.3, -0.25) is 0 Å². The van der Waals surface area contributed by atoms with Gasteiger partial charge in [0.25, 0.3) is 0 Å². The number of aromatic nitrogens is 4. The maximum atomic E-state index is 8.79. The first kappa shape index (κ1) is 18.9. The van der Waals surface area contributed by atoms with E-state index in [0.717, 1.165) is 18.8 Å². The van der Waals surface area contributed by atoms with Gasteiger partial charge in [-0.1, -0.05) is 0 Å². The Morgan fingerprint density at radius 2 is 1.86 bits per heavy atom. The van der Waals surface area contributed by atoms with E-state index in [0.29, 0.717) is 17.7 Å². The lowest BCUT2D eigenvalue weighted by molar-refractivity contribution is 0.258. The topological polar surface area (TPSA) is 85.9 Å². The monoisotopic (exact) mass is 388 g/mol. The number of benzene rings is 1. The molecule has 1 fully saturated rings. The third-order valence-corrected chi connectivity index (χ3v) is 5.24. The predicted molar refractivity (Wildman–Crippen MR) is 113 cm³/mol. The van der Waals surface area contributed by atoms with E-state index in [-0.39, 0.29) is 5.69 Å². The summed E-state index contributed by atoms with van der Waals surface area (Å²) in [7, 11) is 4.32. The molecule has 2 aromatic heterocycles. The third kappa shape index (κ3) is 4.36. The smallest absolute Gasteiger partial charge is 0.158 e. The van der Waals surface area contributed by atoms with Crippen LogP contribution in [0.1, 0.15) is 18.5 Å². The van der Waals surface area contributed by atoms with Crippen LogP contribution in [0.4, 0.5) is 17.3 Å². The van der Waals surface area contributed by atoms with Crippen LogP contribution in [-0.2, 0) is 0 Å². The summed E-state index contributed by atoms with van der Waals surface area (Å²) in [6.07, 6.45) is 9.09. The molecule has 29 heavy (non-hydrogen) atoms. The SMILES string of the molecule is CN(C)C1CCCN(c2ccc(-n3cnc(Nc4cnc(C#N)cn4)c3)cc2)C1. The first-order chi connectivity index (χ1) is 14.1. The van der Waals surface area contributed by atoms with E-state index in [4.69, 9.17) is 5.26 Å². The Kier molecular flexibility index (Phi) is 5.40. The van der Waals surface area contributed by atoms with Gasteiger partial charge in [0.05, 0.1) is 18.6 Å². The molecule has 0 saturated carbocycles. The third-order valence-electron chi connectivity index (χ3n) is 5.24. The Morgan fingerprint density at radius 3 is 2.55 bits per heavy atom. The highest BCUT2D eigenvalue weighted by atomic mass is 15.2. The molecule has 148 valence electrons. The number of hydrogen-bond donors (Lipinski definition) is 1. The van der Waals surface area contributed by atoms with Crippen LogP contribution in [0.15, 0.2) is 49.2 Å². The van der Waals surface area contributed by atoms with E-state index in [2.05, 4.69) is 68.4 Å². The zero-order valence-electron chi connectivity index (χ0n) is 16.7. The van der Waals surface area contributed by atoms with E-state index in [1.807, 2.05) is 16.8 Å². The van der Waals surface area contributed by atoms with Gasteiger partial charge in [-0.05, 0) is 51.2 Å². The predicted octanol–water partition coefficient (Wildman–Crippen LogP) is 2.81. The van der Waals surface area contributed by atoms with Crippen molar-refractivity contribution in [3.05, 3.63) is 54.9 Å². The highest BCUT2D eigenvalue weighted by Crippen LogP contribution is 2.23. The van der Waals surface area contributed by atoms with Crippen LogP contribution in [0.5, 0.6) is 0 Å². The van der Waals surface area contributed by atoms with Gasteiger partial charge >= 0.3 is 0 Å². The molecule has 0 spiro atoms. The quantitative estimate of drug-likeness (QED) is 0.719. The molecule has 1 N–H and O–H groups in total. The van der Waals surface area contributed by atoms with Gasteiger partial charge in [0, 0.05) is 30.5 Å². The van der Waals surface area contributed by atoms with Crippen molar-refractivity contribution in [1.82, 2.24) is 24.4 Å². The van der Waals surface area contributed by atoms with Crippen molar-refractivity contribution >= 4 is 17.3 Å². The van der Waals surface area contributed by atoms with Crippen molar-refractivity contribution in [3.8, 4) is 11.8 Å². The highest BCUT2D eigenvalue weighted by molar-refractivity contribution is 5.54. The van der Waals surface area contributed by atoms with E-state index < -0.39 is 0 Å². The first-order valence-electron chi connectivity index (χ1n) is 9.67. The van der Waals surface area contributed by atoms with Crippen LogP contribution in [0, 0.1) is 11.3 Å². The molecule has 0 bridgehead atoms. The molecule has 1 aromatic carbocycles. The molecule has 0 radical (unpaired) electrons. The summed E-state index contributed by atoms with van der Waals surface area (Å²) in [6.45, 7) is 2.17. The minimum atomic E-state index is 0.284. The molecular weight excluding hydrogens is 364 g/mol. The van der Waals surface area contributed by atoms with Crippen LogP contribution in [0.3, 0.4) is 0 Å². The Hall–Kier alpha value is -3.44. The normalized spacial score (nSPS) is 16.6. The minimum absolute atomic E-state index is 0.284. The van der Waals surface area contributed by atoms with Crippen molar-refractivity contribution < 1.29 is 0 Å². The van der Waals surface area contributed by atoms with Gasteiger partial charge in [-0.25, -0.2) is 15.0 Å². The van der Waals surface area contributed by atoms with E-state index >= 15 is 0 Å². The van der Waals surface area contributed by atoms with Gasteiger partial charge < -0.3 is 19.7 Å². The molecule has 1 saturated heterocycles. The summed E-state index contributed by atoms with van der Waals surface area (Å²) in [6, 6.07) is 11.1. The van der Waals surface area contributed by atoms with Gasteiger partial charge in [-0.2, -0.15) is 5.26 Å². The number of rotatable bonds is 5. The summed E-state index contributed by atoms with van der Waals surface area (Å²) in [5.41, 5.74) is 2.58. The fourth-order valence-electron chi connectivity index (χ4n) is 3.56. The maximum Gasteiger partial charge on any atom is 0.158 e. The molecule has 8 heteroatoms. The second-order valence-electron chi connectivity index (χ2n) is 7.41. The van der Waals surface area contributed by atoms with Crippen LogP contribution in [0.2, 0.25) is 0 Å². The highest BCUT2D eigenvalue weighted by Gasteiger charge is 2.21. The molecular formula is C21H24N8. The second-order valence-corrected chi connectivity index (χ2v) is 7.41. The molecule has 1 aliphatic rings. The summed E-state index contributed by atoms with van der Waals surface area (Å²) < 4.78 is 1.96. The summed E-state index contributed by atoms with van der Waals surface area (Å²) >= 11 is 0. The lowest BCUT2D eigenvalue weighted by Crippen LogP contribution is -2.45. The second kappa shape index (κ2) is 8.29. The largest absolute Gasteiger partial charge is 0.370 e. The van der Waals surface area contributed by atoms with Crippen molar-refractivity contribution in [2.24, 2.45) is 0 Å². The fraction of sp³-hybridized carbons (Fsp3) is 0.333. The molecule has 8 nitrogen and oxygen atoms in total. The molecule has 1 aliphatic heterocycles. The summed E-state index contributed by atoms with van der Waals surface area (Å²) in [4.78, 5) is 17.3. The molecule has 3 aromatic rings. The number of hydrogen-bond acceptors (Lipinski definition) is 7. The van der Waals surface area contributed by atoms with E-state index in [1.165, 1.54) is 30.9 Å². The van der Waals surface area contributed by atoms with Gasteiger partial charge in [0.1, 0.15) is 24.0 Å². The summed E-state index contributed by atoms with van der Waals surface area (Å²) in [5.74, 6) is 1.21. The zero-order chi connectivity index (χ0) is 20.2. The number of nitrogens with zero attached hydrogens (tertiary/aromatic N) is 7. The van der Waals surface area contributed by atoms with Crippen LogP contribution in [0.25, 0.3) is 5.69 Å². The van der Waals surface area contributed by atoms with Crippen LogP contribution >= 0.6 is 0 Å². The number of likely N-dealkylation sites (N-methyl/N-ethyl adjacent to an activating group) is 1. The van der Waals surface area contributed by atoms with Gasteiger partial charge in [-0.15, -0.1) is 0 Å². The van der Waals surface area contributed by atoms with Gasteiger partial charge in [0.2, 0.25) is 0 Å². The fourth-order valence-corrected chi connectivity index (χ4v) is 3.56.